The van der Waals surface area contributed by atoms with Crippen molar-refractivity contribution in [3.05, 3.63) is 72.9 Å². The van der Waals surface area contributed by atoms with Gasteiger partial charge in [0, 0.05) is 25.7 Å². The largest absolute Gasteiger partial charge is 0.472 e. The van der Waals surface area contributed by atoms with Gasteiger partial charge in [-0.05, 0) is 128 Å². The van der Waals surface area contributed by atoms with Crippen molar-refractivity contribution in [2.24, 2.45) is 0 Å². The molecule has 3 N–H and O–H groups in total. The van der Waals surface area contributed by atoms with Crippen LogP contribution in [0.25, 0.3) is 0 Å². The summed E-state index contributed by atoms with van der Waals surface area (Å²) in [6, 6.07) is 0. The number of carbonyl (C=O) groups excluding carboxylic acids is 4. The molecule has 17 nitrogen and oxygen atoms in total. The van der Waals surface area contributed by atoms with Crippen LogP contribution in [0, 0.1) is 0 Å². The van der Waals surface area contributed by atoms with Crippen LogP contribution in [-0.4, -0.2) is 96.7 Å². The molecule has 0 aromatic carbocycles. The van der Waals surface area contributed by atoms with E-state index in [2.05, 4.69) is 101 Å². The van der Waals surface area contributed by atoms with E-state index < -0.39 is 97.5 Å². The van der Waals surface area contributed by atoms with E-state index in [9.17, 15) is 43.2 Å². The number of phosphoric acid groups is 2. The maximum Gasteiger partial charge on any atom is 0.472 e. The summed E-state index contributed by atoms with van der Waals surface area (Å²) in [5.41, 5.74) is 0. The highest BCUT2D eigenvalue weighted by Gasteiger charge is 2.30. The van der Waals surface area contributed by atoms with Crippen molar-refractivity contribution in [2.75, 3.05) is 39.6 Å². The Morgan fingerprint density at radius 2 is 0.552 bits per heavy atom. The predicted molar refractivity (Wildman–Crippen MR) is 390 cm³/mol. The average molecular weight is 1400 g/mol. The Labute approximate surface area is 583 Å². The van der Waals surface area contributed by atoms with E-state index in [1.54, 1.807) is 0 Å². The average Bonchev–Trinajstić information content (AvgIpc) is 1.17. The Bertz CT molecular complexity index is 2110. The Morgan fingerprint density at radius 3 is 0.885 bits per heavy atom. The molecular formula is C77H138O17P2. The summed E-state index contributed by atoms with van der Waals surface area (Å²) in [6.45, 7) is 4.70. The minimum atomic E-state index is -4.97. The molecule has 0 radical (unpaired) electrons. The zero-order valence-corrected chi connectivity index (χ0v) is 62.6. The quantitative estimate of drug-likeness (QED) is 0.0169. The van der Waals surface area contributed by atoms with E-state index in [1.165, 1.54) is 77.0 Å². The van der Waals surface area contributed by atoms with Gasteiger partial charge in [-0.1, -0.05) is 255 Å². The number of carbonyl (C=O) groups is 4. The van der Waals surface area contributed by atoms with Crippen LogP contribution in [0.15, 0.2) is 72.9 Å². The first-order valence-electron chi connectivity index (χ1n) is 38.2. The number of phosphoric ester groups is 2. The molecule has 96 heavy (non-hydrogen) atoms. The standard InChI is InChI=1S/C77H138O17P2/c1-5-9-13-17-21-25-29-32-34-35-37-40-43-46-50-54-58-62-75(80)88-68-73(94-77(82)64-60-56-52-48-44-38-31-27-23-19-15-11-7-3)70-92-96(85,86)90-66-71(78)65-89-95(83,84)91-69-72(93-76(81)63-59-55-51-47-41-28-24-20-16-12-8-4)67-87-74(79)61-57-53-49-45-42-39-36-33-30-26-22-18-14-10-6-2/h9,13,20-21,24-25,27,31-34,36,71-73,78H,5-8,10-12,14-19,22-23,26,28-30,35,37-70H2,1-4H3,(H,83,84)(H,85,86)/b13-9-,24-20-,25-21-,31-27-,34-32-,36-33-. The third-order valence-electron chi connectivity index (χ3n) is 16.1. The zero-order valence-electron chi connectivity index (χ0n) is 60.8. The van der Waals surface area contributed by atoms with Crippen LogP contribution in [0.3, 0.4) is 0 Å². The molecule has 0 heterocycles. The number of rotatable bonds is 72. The molecule has 0 fully saturated rings. The van der Waals surface area contributed by atoms with Crippen LogP contribution in [-0.2, 0) is 65.4 Å². The first kappa shape index (κ1) is 92.5. The fraction of sp³-hybridized carbons (Fsp3) is 0.792. The van der Waals surface area contributed by atoms with Gasteiger partial charge in [-0.25, -0.2) is 9.13 Å². The summed E-state index contributed by atoms with van der Waals surface area (Å²) in [5.74, 6) is -2.19. The lowest BCUT2D eigenvalue weighted by Crippen LogP contribution is -2.30. The molecule has 0 aliphatic carbocycles. The number of esters is 4. The molecule has 19 heteroatoms. The van der Waals surface area contributed by atoms with Crippen LogP contribution < -0.4 is 0 Å². The first-order valence-corrected chi connectivity index (χ1v) is 41.2. The minimum absolute atomic E-state index is 0.0846. The fourth-order valence-electron chi connectivity index (χ4n) is 10.3. The molecule has 0 saturated carbocycles. The normalized spacial score (nSPS) is 14.4. The molecule has 5 atom stereocenters. The van der Waals surface area contributed by atoms with Crippen molar-refractivity contribution >= 4 is 39.5 Å². The van der Waals surface area contributed by atoms with Crippen molar-refractivity contribution in [1.29, 1.82) is 0 Å². The Balaban J connectivity index is 5.30. The van der Waals surface area contributed by atoms with Gasteiger partial charge in [0.1, 0.15) is 19.3 Å². The van der Waals surface area contributed by atoms with Crippen molar-refractivity contribution in [2.45, 2.75) is 354 Å². The molecule has 5 unspecified atom stereocenters. The summed E-state index contributed by atoms with van der Waals surface area (Å²) in [6.07, 6.45) is 68.9. The molecule has 0 saturated heterocycles. The zero-order chi connectivity index (χ0) is 70.4. The third kappa shape index (κ3) is 69.0. The monoisotopic (exact) mass is 1400 g/mol. The second kappa shape index (κ2) is 70.0. The van der Waals surface area contributed by atoms with Gasteiger partial charge in [-0.2, -0.15) is 0 Å². The van der Waals surface area contributed by atoms with Gasteiger partial charge in [0.2, 0.25) is 0 Å². The van der Waals surface area contributed by atoms with Crippen LogP contribution in [0.2, 0.25) is 0 Å². The highest BCUT2D eigenvalue weighted by atomic mass is 31.2. The molecule has 558 valence electrons. The lowest BCUT2D eigenvalue weighted by molar-refractivity contribution is -0.161. The molecule has 0 aromatic heterocycles. The Morgan fingerprint density at radius 1 is 0.302 bits per heavy atom. The molecule has 0 rings (SSSR count). The third-order valence-corrected chi connectivity index (χ3v) is 18.0. The van der Waals surface area contributed by atoms with E-state index >= 15 is 0 Å². The first-order chi connectivity index (χ1) is 46.7. The van der Waals surface area contributed by atoms with E-state index in [4.69, 9.17) is 37.0 Å². The highest BCUT2D eigenvalue weighted by Crippen LogP contribution is 2.45. The van der Waals surface area contributed by atoms with Gasteiger partial charge in [0.25, 0.3) is 0 Å². The van der Waals surface area contributed by atoms with Gasteiger partial charge in [-0.15, -0.1) is 0 Å². The summed E-state index contributed by atoms with van der Waals surface area (Å²) in [5, 5.41) is 10.6. The number of aliphatic hydroxyl groups excluding tert-OH is 1. The maximum absolute atomic E-state index is 13.1. The minimum Gasteiger partial charge on any atom is -0.462 e. The molecular weight excluding hydrogens is 1260 g/mol. The predicted octanol–water partition coefficient (Wildman–Crippen LogP) is 21.7. The van der Waals surface area contributed by atoms with Gasteiger partial charge < -0.3 is 33.8 Å². The number of hydrogen-bond acceptors (Lipinski definition) is 15. The highest BCUT2D eigenvalue weighted by molar-refractivity contribution is 7.47. The van der Waals surface area contributed by atoms with Crippen molar-refractivity contribution in [1.82, 2.24) is 0 Å². The van der Waals surface area contributed by atoms with E-state index in [1.807, 2.05) is 0 Å². The number of ether oxygens (including phenoxy) is 4. The molecule has 0 aliphatic rings. The number of unbranched alkanes of at least 4 members (excludes halogenated alkanes) is 34. The lowest BCUT2D eigenvalue weighted by Gasteiger charge is -2.21. The number of allylic oxidation sites excluding steroid dienone is 12. The van der Waals surface area contributed by atoms with Crippen molar-refractivity contribution < 1.29 is 80.2 Å². The molecule has 0 bridgehead atoms. The smallest absolute Gasteiger partial charge is 0.462 e. The number of aliphatic hydroxyl groups is 1. The molecule has 0 amide bonds. The lowest BCUT2D eigenvalue weighted by atomic mass is 10.1. The van der Waals surface area contributed by atoms with Gasteiger partial charge in [0.05, 0.1) is 26.4 Å². The van der Waals surface area contributed by atoms with Gasteiger partial charge in [-0.3, -0.25) is 37.3 Å². The van der Waals surface area contributed by atoms with Crippen molar-refractivity contribution in [3.8, 4) is 0 Å². The summed E-state index contributed by atoms with van der Waals surface area (Å²) < 4.78 is 68.4. The van der Waals surface area contributed by atoms with Crippen molar-refractivity contribution in [3.63, 3.8) is 0 Å². The SMILES string of the molecule is CC/C=C\C/C=C\C/C=C\CCCCCCCCCC(=O)OCC(COP(=O)(O)OCC(O)COP(=O)(O)OCC(COC(=O)CCCCCCC/C=C\CCCCCCCC)OC(=O)CCCCCCC/C=C\CCCC)OC(=O)CCCCCCC/C=C\CCCCCC. The van der Waals surface area contributed by atoms with Crippen LogP contribution in [0.5, 0.6) is 0 Å². The van der Waals surface area contributed by atoms with Crippen LogP contribution >= 0.6 is 15.6 Å². The van der Waals surface area contributed by atoms with E-state index in [0.717, 1.165) is 180 Å². The second-order valence-electron chi connectivity index (χ2n) is 25.6. The fourth-order valence-corrected chi connectivity index (χ4v) is 11.8. The van der Waals surface area contributed by atoms with E-state index in [-0.39, 0.29) is 25.7 Å². The van der Waals surface area contributed by atoms with E-state index in [0.29, 0.717) is 25.7 Å². The topological polar surface area (TPSA) is 237 Å². The molecule has 0 spiro atoms. The van der Waals surface area contributed by atoms with Gasteiger partial charge >= 0.3 is 39.5 Å². The maximum atomic E-state index is 13.1. The second-order valence-corrected chi connectivity index (χ2v) is 28.5. The summed E-state index contributed by atoms with van der Waals surface area (Å²) in [7, 11) is -9.94. The van der Waals surface area contributed by atoms with Gasteiger partial charge in [0.15, 0.2) is 12.2 Å². The summed E-state index contributed by atoms with van der Waals surface area (Å²) in [4.78, 5) is 72.8. The van der Waals surface area contributed by atoms with Crippen LogP contribution in [0.4, 0.5) is 0 Å². The summed E-state index contributed by atoms with van der Waals surface area (Å²) >= 11 is 0. The Hall–Kier alpha value is -3.50. The van der Waals surface area contributed by atoms with Crippen LogP contribution in [0.1, 0.15) is 336 Å². The number of hydrogen-bond donors (Lipinski definition) is 3. The molecule has 0 aromatic rings. The Kier molecular flexibility index (Phi) is 67.4. The molecule has 0 aliphatic heterocycles.